The lowest BCUT2D eigenvalue weighted by molar-refractivity contribution is 0.00279. The Morgan fingerprint density at radius 1 is 1.36 bits per heavy atom. The molecule has 0 saturated heterocycles. The maximum Gasteiger partial charge on any atom is 0.0686 e. The van der Waals surface area contributed by atoms with Crippen LogP contribution in [0.4, 0.5) is 0 Å². The van der Waals surface area contributed by atoms with Gasteiger partial charge in [-0.2, -0.15) is 0 Å². The lowest BCUT2D eigenvalue weighted by Crippen LogP contribution is -2.20. The molecular weight excluding hydrogens is 160 g/mol. The van der Waals surface area contributed by atoms with Gasteiger partial charge < -0.3 is 4.74 Å². The van der Waals surface area contributed by atoms with Gasteiger partial charge in [0.25, 0.3) is 0 Å². The summed E-state index contributed by atoms with van der Waals surface area (Å²) in [5.41, 5.74) is 0. The second-order valence-corrected chi connectivity index (χ2v) is 3.23. The van der Waals surface area contributed by atoms with E-state index in [0.717, 1.165) is 12.8 Å². The molecule has 0 aliphatic carbocycles. The number of hydrogen-bond donors (Lipinski definition) is 0. The van der Waals surface area contributed by atoms with Crippen LogP contribution in [-0.2, 0) is 4.74 Å². The van der Waals surface area contributed by atoms with Crippen LogP contribution >= 0.6 is 11.6 Å². The van der Waals surface area contributed by atoms with Gasteiger partial charge in [0, 0.05) is 5.88 Å². The molecule has 0 aromatic carbocycles. The molecule has 2 atom stereocenters. The van der Waals surface area contributed by atoms with Crippen molar-refractivity contribution in [1.82, 2.24) is 0 Å². The topological polar surface area (TPSA) is 9.23 Å². The van der Waals surface area contributed by atoms with E-state index in [2.05, 4.69) is 13.8 Å². The van der Waals surface area contributed by atoms with E-state index in [0.29, 0.717) is 12.0 Å². The fourth-order valence-corrected chi connectivity index (χ4v) is 1.13. The third kappa shape index (κ3) is 5.51. The number of alkyl halides is 1. The highest BCUT2D eigenvalue weighted by atomic mass is 35.5. The minimum Gasteiger partial charge on any atom is -0.374 e. The number of ether oxygens (including phenoxy) is 1. The van der Waals surface area contributed by atoms with E-state index >= 15 is 0 Å². The van der Waals surface area contributed by atoms with Crippen LogP contribution in [0.3, 0.4) is 0 Å². The Kier molecular flexibility index (Phi) is 7.09. The highest BCUT2D eigenvalue weighted by molar-refractivity contribution is 6.18. The van der Waals surface area contributed by atoms with Gasteiger partial charge in [-0.1, -0.05) is 20.3 Å². The molecule has 1 nitrogen and oxygen atoms in total. The van der Waals surface area contributed by atoms with Crippen molar-refractivity contribution in [2.45, 2.75) is 52.2 Å². The molecule has 0 N–H and O–H groups in total. The van der Waals surface area contributed by atoms with Crippen molar-refractivity contribution in [2.75, 3.05) is 5.88 Å². The Morgan fingerprint density at radius 3 is 2.36 bits per heavy atom. The van der Waals surface area contributed by atoms with Crippen LogP contribution in [0.1, 0.15) is 40.0 Å². The SMILES string of the molecule is CCCC(CC)OC(C)CCl. The highest BCUT2D eigenvalue weighted by Gasteiger charge is 2.08. The van der Waals surface area contributed by atoms with Crippen molar-refractivity contribution in [3.8, 4) is 0 Å². The molecule has 0 fully saturated rings. The van der Waals surface area contributed by atoms with Gasteiger partial charge in [-0.15, -0.1) is 11.6 Å². The van der Waals surface area contributed by atoms with Crippen LogP contribution in [0.5, 0.6) is 0 Å². The van der Waals surface area contributed by atoms with Gasteiger partial charge in [0.2, 0.25) is 0 Å². The largest absolute Gasteiger partial charge is 0.374 e. The molecule has 0 aliphatic heterocycles. The number of hydrogen-bond acceptors (Lipinski definition) is 1. The van der Waals surface area contributed by atoms with E-state index in [1.165, 1.54) is 6.42 Å². The first-order valence-electron chi connectivity index (χ1n) is 4.45. The van der Waals surface area contributed by atoms with E-state index in [4.69, 9.17) is 16.3 Å². The van der Waals surface area contributed by atoms with Crippen molar-refractivity contribution in [3.63, 3.8) is 0 Å². The van der Waals surface area contributed by atoms with Crippen molar-refractivity contribution < 1.29 is 4.74 Å². The molecule has 11 heavy (non-hydrogen) atoms. The van der Waals surface area contributed by atoms with Gasteiger partial charge in [-0.3, -0.25) is 0 Å². The van der Waals surface area contributed by atoms with E-state index in [-0.39, 0.29) is 6.10 Å². The second-order valence-electron chi connectivity index (χ2n) is 2.92. The molecule has 0 rings (SSSR count). The third-order valence-electron chi connectivity index (χ3n) is 1.71. The fourth-order valence-electron chi connectivity index (χ4n) is 1.06. The Labute approximate surface area is 75.1 Å². The first kappa shape index (κ1) is 11.2. The Bertz CT molecular complexity index is 85.6. The molecule has 68 valence electrons. The molecule has 0 aromatic heterocycles. The van der Waals surface area contributed by atoms with Crippen LogP contribution in [0.15, 0.2) is 0 Å². The summed E-state index contributed by atoms with van der Waals surface area (Å²) in [6, 6.07) is 0. The van der Waals surface area contributed by atoms with E-state index in [1.807, 2.05) is 6.92 Å². The first-order valence-corrected chi connectivity index (χ1v) is 4.99. The van der Waals surface area contributed by atoms with E-state index < -0.39 is 0 Å². The third-order valence-corrected chi connectivity index (χ3v) is 2.14. The lowest BCUT2D eigenvalue weighted by atomic mass is 10.1. The van der Waals surface area contributed by atoms with E-state index in [1.54, 1.807) is 0 Å². The summed E-state index contributed by atoms with van der Waals surface area (Å²) in [7, 11) is 0. The maximum atomic E-state index is 5.66. The maximum absolute atomic E-state index is 5.66. The molecule has 2 heteroatoms. The molecule has 0 saturated carbocycles. The van der Waals surface area contributed by atoms with Crippen LogP contribution in [0.25, 0.3) is 0 Å². The zero-order valence-corrected chi connectivity index (χ0v) is 8.53. The summed E-state index contributed by atoms with van der Waals surface area (Å²) in [5, 5.41) is 0. The molecule has 0 aromatic rings. The lowest BCUT2D eigenvalue weighted by Gasteiger charge is -2.19. The van der Waals surface area contributed by atoms with Gasteiger partial charge in [-0.25, -0.2) is 0 Å². The standard InChI is InChI=1S/C9H19ClO/c1-4-6-9(5-2)11-8(3)7-10/h8-9H,4-7H2,1-3H3. The van der Waals surface area contributed by atoms with Crippen LogP contribution in [0, 0.1) is 0 Å². The van der Waals surface area contributed by atoms with Crippen molar-refractivity contribution in [3.05, 3.63) is 0 Å². The molecule has 0 aliphatic rings. The molecule has 0 heterocycles. The van der Waals surface area contributed by atoms with Crippen molar-refractivity contribution in [2.24, 2.45) is 0 Å². The monoisotopic (exact) mass is 178 g/mol. The zero-order valence-electron chi connectivity index (χ0n) is 7.77. The molecule has 0 bridgehead atoms. The normalized spacial score (nSPS) is 16.4. The fraction of sp³-hybridized carbons (Fsp3) is 1.00. The molecule has 0 radical (unpaired) electrons. The highest BCUT2D eigenvalue weighted by Crippen LogP contribution is 2.09. The first-order chi connectivity index (χ1) is 5.24. The molecule has 2 unspecified atom stereocenters. The van der Waals surface area contributed by atoms with Crippen LogP contribution < -0.4 is 0 Å². The van der Waals surface area contributed by atoms with Crippen LogP contribution in [0.2, 0.25) is 0 Å². The summed E-state index contributed by atoms with van der Waals surface area (Å²) in [4.78, 5) is 0. The van der Waals surface area contributed by atoms with Crippen molar-refractivity contribution in [1.29, 1.82) is 0 Å². The number of rotatable bonds is 6. The average Bonchev–Trinajstić information content (AvgIpc) is 2.03. The molecule has 0 amide bonds. The number of halogens is 1. The Hall–Kier alpha value is 0.250. The summed E-state index contributed by atoms with van der Waals surface area (Å²) in [6.45, 7) is 6.35. The predicted molar refractivity (Wildman–Crippen MR) is 50.3 cm³/mol. The van der Waals surface area contributed by atoms with Crippen LogP contribution in [-0.4, -0.2) is 18.1 Å². The smallest absolute Gasteiger partial charge is 0.0686 e. The quantitative estimate of drug-likeness (QED) is 0.568. The van der Waals surface area contributed by atoms with Gasteiger partial charge in [0.15, 0.2) is 0 Å². The van der Waals surface area contributed by atoms with E-state index in [9.17, 15) is 0 Å². The molecular formula is C9H19ClO. The molecule has 0 spiro atoms. The van der Waals surface area contributed by atoms with Gasteiger partial charge in [-0.05, 0) is 19.8 Å². The predicted octanol–water partition coefficient (Wildman–Crippen LogP) is 3.21. The van der Waals surface area contributed by atoms with Gasteiger partial charge in [0.05, 0.1) is 12.2 Å². The Morgan fingerprint density at radius 2 is 2.00 bits per heavy atom. The van der Waals surface area contributed by atoms with Crippen molar-refractivity contribution >= 4 is 11.6 Å². The average molecular weight is 179 g/mol. The van der Waals surface area contributed by atoms with Gasteiger partial charge >= 0.3 is 0 Å². The summed E-state index contributed by atoms with van der Waals surface area (Å²) in [5.74, 6) is 0.597. The summed E-state index contributed by atoms with van der Waals surface area (Å²) >= 11 is 5.63. The summed E-state index contributed by atoms with van der Waals surface area (Å²) < 4.78 is 5.66. The Balaban J connectivity index is 3.49. The second kappa shape index (κ2) is 6.93. The minimum absolute atomic E-state index is 0.202. The minimum atomic E-state index is 0.202. The van der Waals surface area contributed by atoms with Gasteiger partial charge in [0.1, 0.15) is 0 Å². The zero-order chi connectivity index (χ0) is 8.69. The summed E-state index contributed by atoms with van der Waals surface area (Å²) in [6.07, 6.45) is 4.04.